The zero-order valence-electron chi connectivity index (χ0n) is 10.4. The Kier molecular flexibility index (Phi) is 8.89. The Morgan fingerprint density at radius 1 is 1.41 bits per heavy atom. The van der Waals surface area contributed by atoms with E-state index in [2.05, 4.69) is 5.32 Å². The van der Waals surface area contributed by atoms with E-state index in [1.807, 2.05) is 13.2 Å². The van der Waals surface area contributed by atoms with Gasteiger partial charge in [-0.2, -0.15) is 11.8 Å². The number of carbonyl (C=O) groups excluding carboxylic acids is 1. The molecule has 0 bridgehead atoms. The van der Waals surface area contributed by atoms with E-state index >= 15 is 0 Å². The maximum absolute atomic E-state index is 11.5. The van der Waals surface area contributed by atoms with E-state index in [0.717, 1.165) is 12.8 Å². The first-order chi connectivity index (χ1) is 8.01. The summed E-state index contributed by atoms with van der Waals surface area (Å²) in [5.74, 6) is -0.561. The molecule has 0 rings (SSSR count). The molecule has 0 fully saturated rings. The first kappa shape index (κ1) is 16.2. The van der Waals surface area contributed by atoms with Crippen molar-refractivity contribution >= 4 is 23.6 Å². The summed E-state index contributed by atoms with van der Waals surface area (Å²) in [7, 11) is 0. The van der Waals surface area contributed by atoms with Crippen LogP contribution in [-0.2, 0) is 9.59 Å². The fourth-order valence-electron chi connectivity index (χ4n) is 1.46. The molecule has 2 atom stereocenters. The molecule has 100 valence electrons. The van der Waals surface area contributed by atoms with E-state index in [4.69, 9.17) is 10.8 Å². The van der Waals surface area contributed by atoms with Gasteiger partial charge in [0.05, 0.1) is 0 Å². The van der Waals surface area contributed by atoms with Gasteiger partial charge in [-0.15, -0.1) is 0 Å². The van der Waals surface area contributed by atoms with E-state index in [1.165, 1.54) is 0 Å². The van der Waals surface area contributed by atoms with Crippen molar-refractivity contribution < 1.29 is 14.7 Å². The number of thioether (sulfide) groups is 1. The fourth-order valence-corrected chi connectivity index (χ4v) is 1.93. The molecular weight excluding hydrogens is 240 g/mol. The lowest BCUT2D eigenvalue weighted by molar-refractivity contribution is -0.141. The fraction of sp³-hybridized carbons (Fsp3) is 0.818. The molecule has 0 saturated carbocycles. The van der Waals surface area contributed by atoms with E-state index in [-0.39, 0.29) is 18.4 Å². The summed E-state index contributed by atoms with van der Waals surface area (Å²) in [5.41, 5.74) is 5.72. The number of rotatable bonds is 9. The zero-order chi connectivity index (χ0) is 13.3. The van der Waals surface area contributed by atoms with Gasteiger partial charge in [0.15, 0.2) is 0 Å². The topological polar surface area (TPSA) is 92.4 Å². The van der Waals surface area contributed by atoms with Crippen LogP contribution in [0.2, 0.25) is 0 Å². The standard InChI is InChI=1S/C11H22N2O3S/c1-3-4-8(12)7-10(14)13-9(11(15)16)5-6-17-2/h8-9H,3-7,12H2,1-2H3,(H,13,14)(H,15,16)/t8?,9-/m0/s1. The Balaban J connectivity index is 4.07. The number of aliphatic carboxylic acids is 1. The highest BCUT2D eigenvalue weighted by Gasteiger charge is 2.20. The summed E-state index contributed by atoms with van der Waals surface area (Å²) in [4.78, 5) is 22.4. The zero-order valence-corrected chi connectivity index (χ0v) is 11.3. The second-order valence-corrected chi connectivity index (χ2v) is 4.98. The average molecular weight is 262 g/mol. The maximum atomic E-state index is 11.5. The van der Waals surface area contributed by atoms with E-state index in [1.54, 1.807) is 11.8 Å². The number of nitrogens with one attached hydrogen (secondary N) is 1. The highest BCUT2D eigenvalue weighted by Crippen LogP contribution is 2.03. The van der Waals surface area contributed by atoms with Crippen LogP contribution < -0.4 is 11.1 Å². The number of carbonyl (C=O) groups is 2. The van der Waals surface area contributed by atoms with Crippen LogP contribution in [0, 0.1) is 0 Å². The van der Waals surface area contributed by atoms with Crippen molar-refractivity contribution in [1.29, 1.82) is 0 Å². The minimum Gasteiger partial charge on any atom is -0.480 e. The first-order valence-corrected chi connectivity index (χ1v) is 7.17. The van der Waals surface area contributed by atoms with Crippen molar-refractivity contribution in [3.63, 3.8) is 0 Å². The Bertz CT molecular complexity index is 249. The molecular formula is C11H22N2O3S. The van der Waals surface area contributed by atoms with Gasteiger partial charge in [0.2, 0.25) is 5.91 Å². The molecule has 0 heterocycles. The molecule has 1 unspecified atom stereocenters. The summed E-state index contributed by atoms with van der Waals surface area (Å²) >= 11 is 1.56. The van der Waals surface area contributed by atoms with Crippen LogP contribution in [0.5, 0.6) is 0 Å². The normalized spacial score (nSPS) is 14.1. The Morgan fingerprint density at radius 2 is 2.06 bits per heavy atom. The molecule has 0 aliphatic carbocycles. The third-order valence-corrected chi connectivity index (χ3v) is 2.99. The van der Waals surface area contributed by atoms with Crippen LogP contribution in [0.1, 0.15) is 32.6 Å². The van der Waals surface area contributed by atoms with Crippen LogP contribution in [0.15, 0.2) is 0 Å². The Morgan fingerprint density at radius 3 is 2.53 bits per heavy atom. The smallest absolute Gasteiger partial charge is 0.326 e. The molecule has 0 spiro atoms. The summed E-state index contributed by atoms with van der Waals surface area (Å²) in [6.07, 6.45) is 4.22. The minimum absolute atomic E-state index is 0.185. The average Bonchev–Trinajstić information content (AvgIpc) is 2.23. The van der Waals surface area contributed by atoms with Crippen molar-refractivity contribution in [2.45, 2.75) is 44.7 Å². The second kappa shape index (κ2) is 9.30. The SMILES string of the molecule is CCCC(N)CC(=O)N[C@@H](CCSC)C(=O)O. The molecule has 1 amide bonds. The van der Waals surface area contributed by atoms with E-state index in [9.17, 15) is 9.59 Å². The Hall–Kier alpha value is -0.750. The molecule has 0 saturated heterocycles. The second-order valence-electron chi connectivity index (χ2n) is 3.99. The molecule has 0 radical (unpaired) electrons. The third kappa shape index (κ3) is 8.04. The van der Waals surface area contributed by atoms with Crippen molar-refractivity contribution in [3.8, 4) is 0 Å². The van der Waals surface area contributed by atoms with E-state index < -0.39 is 12.0 Å². The molecule has 0 aliphatic heterocycles. The maximum Gasteiger partial charge on any atom is 0.326 e. The number of nitrogens with two attached hydrogens (primary N) is 1. The largest absolute Gasteiger partial charge is 0.480 e. The van der Waals surface area contributed by atoms with Gasteiger partial charge in [0.1, 0.15) is 6.04 Å². The number of carboxylic acid groups (broad SMARTS) is 1. The Labute approximate surface area is 107 Å². The van der Waals surface area contributed by atoms with Gasteiger partial charge >= 0.3 is 5.97 Å². The van der Waals surface area contributed by atoms with E-state index in [0.29, 0.717) is 12.2 Å². The highest BCUT2D eigenvalue weighted by atomic mass is 32.2. The van der Waals surface area contributed by atoms with Gasteiger partial charge in [0.25, 0.3) is 0 Å². The molecule has 0 aromatic rings. The summed E-state index contributed by atoms with van der Waals surface area (Å²) in [5, 5.41) is 11.4. The van der Waals surface area contributed by atoms with Crippen molar-refractivity contribution in [3.05, 3.63) is 0 Å². The quantitative estimate of drug-likeness (QED) is 0.572. The summed E-state index contributed by atoms with van der Waals surface area (Å²) in [6.45, 7) is 2.00. The number of hydrogen-bond acceptors (Lipinski definition) is 4. The molecule has 0 aromatic carbocycles. The van der Waals surface area contributed by atoms with Gasteiger partial charge in [-0.3, -0.25) is 4.79 Å². The predicted octanol–water partition coefficient (Wildman–Crippen LogP) is 0.826. The van der Waals surface area contributed by atoms with Crippen molar-refractivity contribution in [2.24, 2.45) is 5.73 Å². The number of hydrogen-bond donors (Lipinski definition) is 3. The molecule has 0 aliphatic rings. The van der Waals surface area contributed by atoms with Gasteiger partial charge < -0.3 is 16.2 Å². The van der Waals surface area contributed by atoms with Gasteiger partial charge in [-0.05, 0) is 24.9 Å². The highest BCUT2D eigenvalue weighted by molar-refractivity contribution is 7.98. The van der Waals surface area contributed by atoms with Crippen LogP contribution in [-0.4, -0.2) is 41.1 Å². The first-order valence-electron chi connectivity index (χ1n) is 5.77. The monoisotopic (exact) mass is 262 g/mol. The van der Waals surface area contributed by atoms with Crippen LogP contribution in [0.3, 0.4) is 0 Å². The molecule has 0 aromatic heterocycles. The lowest BCUT2D eigenvalue weighted by Gasteiger charge is -2.16. The van der Waals surface area contributed by atoms with Crippen molar-refractivity contribution in [2.75, 3.05) is 12.0 Å². The number of carboxylic acids is 1. The predicted molar refractivity (Wildman–Crippen MR) is 70.1 cm³/mol. The van der Waals surface area contributed by atoms with Gasteiger partial charge in [-0.1, -0.05) is 13.3 Å². The lowest BCUT2D eigenvalue weighted by atomic mass is 10.1. The lowest BCUT2D eigenvalue weighted by Crippen LogP contribution is -2.43. The van der Waals surface area contributed by atoms with Gasteiger partial charge in [0, 0.05) is 12.5 Å². The van der Waals surface area contributed by atoms with Crippen molar-refractivity contribution in [1.82, 2.24) is 5.32 Å². The minimum atomic E-state index is -0.989. The van der Waals surface area contributed by atoms with Gasteiger partial charge in [-0.25, -0.2) is 4.79 Å². The third-order valence-electron chi connectivity index (χ3n) is 2.35. The number of amides is 1. The summed E-state index contributed by atoms with van der Waals surface area (Å²) < 4.78 is 0. The van der Waals surface area contributed by atoms with Crippen LogP contribution >= 0.6 is 11.8 Å². The molecule has 6 heteroatoms. The molecule has 4 N–H and O–H groups in total. The van der Waals surface area contributed by atoms with Crippen LogP contribution in [0.4, 0.5) is 0 Å². The van der Waals surface area contributed by atoms with Crippen LogP contribution in [0.25, 0.3) is 0 Å². The molecule has 17 heavy (non-hydrogen) atoms. The summed E-state index contributed by atoms with van der Waals surface area (Å²) in [6, 6.07) is -0.987. The molecule has 5 nitrogen and oxygen atoms in total.